The Kier molecular flexibility index (Phi) is 5.13. The number of aryl methyl sites for hydroxylation is 1. The van der Waals surface area contributed by atoms with E-state index in [1.54, 1.807) is 4.98 Å². The summed E-state index contributed by atoms with van der Waals surface area (Å²) in [7, 11) is 0. The number of rotatable bonds is 4. The maximum atomic E-state index is 12.7. The van der Waals surface area contributed by atoms with Crippen LogP contribution in [-0.2, 0) is 12.6 Å². The lowest BCUT2D eigenvalue weighted by molar-refractivity contribution is -0.141. The van der Waals surface area contributed by atoms with Crippen molar-refractivity contribution in [2.45, 2.75) is 45.3 Å². The Morgan fingerprint density at radius 1 is 1.26 bits per heavy atom. The molecular weight excluding hydrogens is 357 g/mol. The number of fused-ring (bicyclic) bond motifs is 1. The minimum atomic E-state index is -4.66. The van der Waals surface area contributed by atoms with Crippen LogP contribution in [0.1, 0.15) is 58.5 Å². The highest BCUT2D eigenvalue weighted by Crippen LogP contribution is 2.39. The number of amides is 1. The van der Waals surface area contributed by atoms with Crippen LogP contribution >= 0.6 is 0 Å². The molecule has 144 valence electrons. The normalized spacial score (nSPS) is 19.0. The number of alkyl halides is 3. The van der Waals surface area contributed by atoms with E-state index in [2.05, 4.69) is 18.3 Å². The maximum Gasteiger partial charge on any atom is 0.431 e. The molecule has 2 atom stereocenters. The smallest absolute Gasteiger partial charge is 0.345 e. The third-order valence-corrected chi connectivity index (χ3v) is 4.99. The molecule has 7 heteroatoms. The van der Waals surface area contributed by atoms with Gasteiger partial charge in [0, 0.05) is 0 Å². The lowest BCUT2D eigenvalue weighted by Gasteiger charge is -2.21. The molecule has 0 aliphatic heterocycles. The van der Waals surface area contributed by atoms with Gasteiger partial charge < -0.3 is 10.3 Å². The largest absolute Gasteiger partial charge is 0.431 e. The molecule has 0 fully saturated rings. The first-order chi connectivity index (χ1) is 12.7. The molecule has 3 rings (SSSR count). The van der Waals surface area contributed by atoms with E-state index in [0.29, 0.717) is 6.07 Å². The van der Waals surface area contributed by atoms with Crippen LogP contribution in [0.2, 0.25) is 0 Å². The second kappa shape index (κ2) is 7.21. The summed E-state index contributed by atoms with van der Waals surface area (Å²) in [5.41, 5.74) is 0.774. The van der Waals surface area contributed by atoms with Crippen LogP contribution in [0.4, 0.5) is 13.2 Å². The molecule has 0 bridgehead atoms. The number of H-pyrrole nitrogens is 1. The van der Waals surface area contributed by atoms with Crippen molar-refractivity contribution in [2.24, 2.45) is 5.92 Å². The quantitative estimate of drug-likeness (QED) is 0.840. The fourth-order valence-corrected chi connectivity index (χ4v) is 3.74. The Hall–Kier alpha value is -2.57. The lowest BCUT2D eigenvalue weighted by Crippen LogP contribution is -2.35. The molecule has 0 radical (unpaired) electrons. The molecule has 1 amide bonds. The van der Waals surface area contributed by atoms with Crippen LogP contribution in [0.15, 0.2) is 35.1 Å². The zero-order valence-electron chi connectivity index (χ0n) is 15.1. The Morgan fingerprint density at radius 2 is 2.00 bits per heavy atom. The van der Waals surface area contributed by atoms with E-state index in [4.69, 9.17) is 0 Å². The van der Waals surface area contributed by atoms with Crippen LogP contribution in [-0.4, -0.2) is 10.9 Å². The van der Waals surface area contributed by atoms with Gasteiger partial charge >= 0.3 is 6.18 Å². The topological polar surface area (TPSA) is 62.0 Å². The predicted molar refractivity (Wildman–Crippen MR) is 95.6 cm³/mol. The number of benzene rings is 1. The summed E-state index contributed by atoms with van der Waals surface area (Å²) in [6, 6.07) is 7.42. The van der Waals surface area contributed by atoms with Crippen molar-refractivity contribution in [1.82, 2.24) is 10.3 Å². The molecule has 2 N–H and O–H groups in total. The number of pyridine rings is 1. The summed E-state index contributed by atoms with van der Waals surface area (Å²) in [4.78, 5) is 26.3. The molecule has 0 saturated carbocycles. The Labute approximate surface area is 154 Å². The predicted octanol–water partition coefficient (Wildman–Crippen LogP) is 4.15. The van der Waals surface area contributed by atoms with Crippen molar-refractivity contribution >= 4 is 5.91 Å². The van der Waals surface area contributed by atoms with Crippen molar-refractivity contribution in [2.75, 3.05) is 0 Å². The molecule has 27 heavy (non-hydrogen) atoms. The summed E-state index contributed by atoms with van der Waals surface area (Å²) in [5, 5.41) is 2.86. The van der Waals surface area contributed by atoms with Crippen molar-refractivity contribution in [3.63, 3.8) is 0 Å². The fourth-order valence-electron chi connectivity index (χ4n) is 3.74. The number of aromatic nitrogens is 1. The summed E-state index contributed by atoms with van der Waals surface area (Å²) < 4.78 is 38.1. The number of nitrogens with one attached hydrogen (secondary N) is 2. The van der Waals surface area contributed by atoms with Crippen LogP contribution in [0.25, 0.3) is 0 Å². The zero-order chi connectivity index (χ0) is 19.8. The first-order valence-corrected chi connectivity index (χ1v) is 8.91. The average Bonchev–Trinajstić information content (AvgIpc) is 2.90. The van der Waals surface area contributed by atoms with E-state index in [0.717, 1.165) is 36.5 Å². The Morgan fingerprint density at radius 3 is 2.63 bits per heavy atom. The summed E-state index contributed by atoms with van der Waals surface area (Å²) in [6.07, 6.45) is -1.98. The number of hydrogen-bond donors (Lipinski definition) is 2. The van der Waals surface area contributed by atoms with Crippen LogP contribution < -0.4 is 10.9 Å². The van der Waals surface area contributed by atoms with Crippen LogP contribution in [0.3, 0.4) is 0 Å². The van der Waals surface area contributed by atoms with Crippen molar-refractivity contribution in [3.05, 3.63) is 68.6 Å². The van der Waals surface area contributed by atoms with Crippen molar-refractivity contribution in [3.8, 4) is 0 Å². The molecule has 1 aliphatic rings. The van der Waals surface area contributed by atoms with Crippen LogP contribution in [0, 0.1) is 12.8 Å². The monoisotopic (exact) mass is 378 g/mol. The minimum Gasteiger partial charge on any atom is -0.345 e. The van der Waals surface area contributed by atoms with Gasteiger partial charge in [-0.2, -0.15) is 13.2 Å². The van der Waals surface area contributed by atoms with E-state index in [1.165, 1.54) is 5.56 Å². The van der Waals surface area contributed by atoms with Gasteiger partial charge in [-0.1, -0.05) is 37.1 Å². The molecule has 0 saturated heterocycles. The lowest BCUT2D eigenvalue weighted by atomic mass is 9.95. The van der Waals surface area contributed by atoms with Gasteiger partial charge in [-0.15, -0.1) is 0 Å². The second-order valence-corrected chi connectivity index (χ2v) is 7.02. The average molecular weight is 378 g/mol. The van der Waals surface area contributed by atoms with Crippen molar-refractivity contribution < 1.29 is 18.0 Å². The fraction of sp³-hybridized carbons (Fsp3) is 0.400. The number of aromatic amines is 1. The van der Waals surface area contributed by atoms with Gasteiger partial charge in [0.1, 0.15) is 11.3 Å². The highest BCUT2D eigenvalue weighted by molar-refractivity contribution is 5.94. The van der Waals surface area contributed by atoms with Crippen molar-refractivity contribution in [1.29, 1.82) is 0 Å². The molecule has 2 unspecified atom stereocenters. The van der Waals surface area contributed by atoms with Gasteiger partial charge in [-0.05, 0) is 48.9 Å². The van der Waals surface area contributed by atoms with Gasteiger partial charge in [0.2, 0.25) is 0 Å². The molecule has 1 aromatic heterocycles. The molecule has 1 aliphatic carbocycles. The van der Waals surface area contributed by atoms with E-state index >= 15 is 0 Å². The molecule has 2 aromatic rings. The third kappa shape index (κ3) is 3.91. The summed E-state index contributed by atoms with van der Waals surface area (Å²) in [5.74, 6) is -0.464. The zero-order valence-corrected chi connectivity index (χ0v) is 15.1. The van der Waals surface area contributed by atoms with E-state index in [-0.39, 0.29) is 17.5 Å². The molecule has 0 spiro atoms. The number of hydrogen-bond acceptors (Lipinski definition) is 2. The van der Waals surface area contributed by atoms with Gasteiger partial charge in [0.05, 0.1) is 6.04 Å². The Balaban J connectivity index is 1.87. The standard InChI is InChI=1S/C20H21F3N2O2/c1-3-4-12-10-13-9-11(2)5-6-14(13)17(12)25-19(27)15-7-8-16(20(21,22)23)24-18(15)26/h5-9,12,17H,3-4,10H2,1-2H3,(H,24,26)(H,25,27). The summed E-state index contributed by atoms with van der Waals surface area (Å²) in [6.45, 7) is 4.07. The highest BCUT2D eigenvalue weighted by atomic mass is 19.4. The third-order valence-electron chi connectivity index (χ3n) is 4.99. The number of carbonyl (C=O) groups is 1. The van der Waals surface area contributed by atoms with Gasteiger partial charge in [0.25, 0.3) is 11.5 Å². The van der Waals surface area contributed by atoms with Crippen LogP contribution in [0.5, 0.6) is 0 Å². The van der Waals surface area contributed by atoms with E-state index < -0.39 is 23.3 Å². The number of halogens is 3. The molecule has 4 nitrogen and oxygen atoms in total. The first kappa shape index (κ1) is 19.2. The SMILES string of the molecule is CCCC1Cc2cc(C)ccc2C1NC(=O)c1ccc(C(F)(F)F)[nH]c1=O. The number of carbonyl (C=O) groups excluding carboxylic acids is 1. The maximum absolute atomic E-state index is 12.7. The first-order valence-electron chi connectivity index (χ1n) is 8.91. The Bertz CT molecular complexity index is 918. The van der Waals surface area contributed by atoms with Gasteiger partial charge in [-0.3, -0.25) is 9.59 Å². The molecule has 1 heterocycles. The van der Waals surface area contributed by atoms with E-state index in [1.807, 2.05) is 19.1 Å². The minimum absolute atomic E-state index is 0.198. The van der Waals surface area contributed by atoms with Gasteiger partial charge in [-0.25, -0.2) is 0 Å². The second-order valence-electron chi connectivity index (χ2n) is 7.02. The highest BCUT2D eigenvalue weighted by Gasteiger charge is 2.35. The molecule has 1 aromatic carbocycles. The molecular formula is C20H21F3N2O2. The summed E-state index contributed by atoms with van der Waals surface area (Å²) >= 11 is 0. The van der Waals surface area contributed by atoms with Gasteiger partial charge in [0.15, 0.2) is 0 Å². The van der Waals surface area contributed by atoms with E-state index in [9.17, 15) is 22.8 Å².